The number of epoxide rings is 1. The number of rotatable bonds is 3. The highest BCUT2D eigenvalue weighted by molar-refractivity contribution is 6.42. The number of halogens is 5. The first kappa shape index (κ1) is 17.0. The predicted octanol–water partition coefficient (Wildman–Crippen LogP) is 5.26. The van der Waals surface area contributed by atoms with Crippen LogP contribution in [0.3, 0.4) is 0 Å². The van der Waals surface area contributed by atoms with Crippen molar-refractivity contribution in [3.63, 3.8) is 0 Å². The minimum Gasteiger partial charge on any atom is -0.361 e. The first-order valence-electron chi connectivity index (χ1n) is 8.06. The highest BCUT2D eigenvalue weighted by Gasteiger charge is 2.76. The Morgan fingerprint density at radius 3 is 2.52 bits per heavy atom. The second kappa shape index (κ2) is 5.47. The van der Waals surface area contributed by atoms with E-state index < -0.39 is 17.5 Å². The topological polar surface area (TPSA) is 43.2 Å². The number of ether oxygens (including phenoxy) is 1. The normalized spacial score (nSPS) is 23.2. The SMILES string of the molecule is FC(F)(F)c1c(C23CC2O3)cnn1-c1cccc(-c2ccc(Cl)c(Cl)c2)n1. The van der Waals surface area contributed by atoms with Crippen molar-refractivity contribution >= 4 is 23.2 Å². The second-order valence-corrected chi connectivity index (χ2v) is 7.34. The van der Waals surface area contributed by atoms with Crippen molar-refractivity contribution in [1.29, 1.82) is 0 Å². The number of hydrogen-bond donors (Lipinski definition) is 0. The minimum absolute atomic E-state index is 0.0615. The molecule has 1 aromatic carbocycles. The second-order valence-electron chi connectivity index (χ2n) is 6.53. The molecule has 9 heteroatoms. The standard InChI is InChI=1S/C18H10Cl2F3N3O/c19-11-5-4-9(6-12(11)20)13-2-1-3-15(25-13)26-16(18(21,22)23)10(8-24-26)17-7-14(17)27-17/h1-6,8,14H,7H2. The van der Waals surface area contributed by atoms with E-state index in [-0.39, 0.29) is 17.5 Å². The number of hydrogen-bond acceptors (Lipinski definition) is 3. The lowest BCUT2D eigenvalue weighted by atomic mass is 10.1. The molecular formula is C18H10Cl2F3N3O. The average Bonchev–Trinajstić information content (AvgIpc) is 3.43. The van der Waals surface area contributed by atoms with E-state index >= 15 is 0 Å². The summed E-state index contributed by atoms with van der Waals surface area (Å²) in [7, 11) is 0. The van der Waals surface area contributed by atoms with Gasteiger partial charge in [-0.2, -0.15) is 18.3 Å². The Balaban J connectivity index is 1.62. The zero-order chi connectivity index (χ0) is 19.0. The van der Waals surface area contributed by atoms with E-state index in [1.165, 1.54) is 12.3 Å². The summed E-state index contributed by atoms with van der Waals surface area (Å²) in [6, 6.07) is 9.70. The molecule has 0 spiro atoms. The van der Waals surface area contributed by atoms with Crippen molar-refractivity contribution in [2.75, 3.05) is 0 Å². The maximum absolute atomic E-state index is 13.7. The molecule has 2 aromatic heterocycles. The molecule has 1 aliphatic carbocycles. The lowest BCUT2D eigenvalue weighted by Crippen LogP contribution is -2.18. The molecule has 5 rings (SSSR count). The summed E-state index contributed by atoms with van der Waals surface area (Å²) in [5.41, 5.74) is -0.479. The summed E-state index contributed by atoms with van der Waals surface area (Å²) in [5.74, 6) is 0.0615. The number of nitrogens with zero attached hydrogens (tertiary/aromatic N) is 3. The van der Waals surface area contributed by atoms with Gasteiger partial charge in [0.25, 0.3) is 0 Å². The van der Waals surface area contributed by atoms with Crippen molar-refractivity contribution in [3.8, 4) is 17.1 Å². The smallest absolute Gasteiger partial charge is 0.361 e. The molecule has 138 valence electrons. The average molecular weight is 412 g/mol. The van der Waals surface area contributed by atoms with Gasteiger partial charge in [0.15, 0.2) is 11.5 Å². The van der Waals surface area contributed by atoms with Crippen LogP contribution in [-0.2, 0) is 16.5 Å². The van der Waals surface area contributed by atoms with Crippen molar-refractivity contribution < 1.29 is 17.9 Å². The van der Waals surface area contributed by atoms with E-state index in [1.54, 1.807) is 30.3 Å². The quantitative estimate of drug-likeness (QED) is 0.552. The molecule has 0 amide bonds. The molecule has 0 radical (unpaired) electrons. The molecule has 0 bridgehead atoms. The van der Waals surface area contributed by atoms with E-state index in [0.717, 1.165) is 4.68 Å². The summed E-state index contributed by atoms with van der Waals surface area (Å²) in [4.78, 5) is 4.35. The molecular weight excluding hydrogens is 402 g/mol. The van der Waals surface area contributed by atoms with Crippen LogP contribution in [0.1, 0.15) is 17.7 Å². The summed E-state index contributed by atoms with van der Waals surface area (Å²) < 4.78 is 47.3. The summed E-state index contributed by atoms with van der Waals surface area (Å²) >= 11 is 11.9. The fourth-order valence-electron chi connectivity index (χ4n) is 3.24. The molecule has 2 unspecified atom stereocenters. The third kappa shape index (κ3) is 2.64. The number of benzene rings is 1. The third-order valence-corrected chi connectivity index (χ3v) is 5.54. The monoisotopic (exact) mass is 411 g/mol. The molecule has 1 saturated heterocycles. The van der Waals surface area contributed by atoms with E-state index in [1.807, 2.05) is 0 Å². The van der Waals surface area contributed by atoms with Gasteiger partial charge in [0.1, 0.15) is 5.60 Å². The Morgan fingerprint density at radius 2 is 1.89 bits per heavy atom. The number of fused-ring (bicyclic) bond motifs is 1. The van der Waals surface area contributed by atoms with Gasteiger partial charge in [-0.25, -0.2) is 9.67 Å². The maximum Gasteiger partial charge on any atom is 0.433 e. The zero-order valence-electron chi connectivity index (χ0n) is 13.5. The minimum atomic E-state index is -4.58. The molecule has 1 aliphatic heterocycles. The molecule has 2 aliphatic rings. The maximum atomic E-state index is 13.7. The van der Waals surface area contributed by atoms with Gasteiger partial charge in [0.2, 0.25) is 0 Å². The van der Waals surface area contributed by atoms with Gasteiger partial charge in [-0.3, -0.25) is 0 Å². The molecule has 3 aromatic rings. The predicted molar refractivity (Wildman–Crippen MR) is 93.0 cm³/mol. The number of pyridine rings is 1. The van der Waals surface area contributed by atoms with Crippen LogP contribution in [0.15, 0.2) is 42.6 Å². The van der Waals surface area contributed by atoms with Gasteiger partial charge in [0.05, 0.1) is 28.0 Å². The first-order chi connectivity index (χ1) is 12.8. The van der Waals surface area contributed by atoms with Gasteiger partial charge >= 0.3 is 6.18 Å². The highest BCUT2D eigenvalue weighted by atomic mass is 35.5. The summed E-state index contributed by atoms with van der Waals surface area (Å²) in [6.07, 6.45) is -2.88. The molecule has 1 saturated carbocycles. The Hall–Kier alpha value is -2.09. The number of aromatic nitrogens is 3. The van der Waals surface area contributed by atoms with Crippen LogP contribution in [0.2, 0.25) is 10.0 Å². The molecule has 3 heterocycles. The van der Waals surface area contributed by atoms with Crippen LogP contribution in [-0.4, -0.2) is 20.9 Å². The van der Waals surface area contributed by atoms with Crippen LogP contribution in [0.25, 0.3) is 17.1 Å². The molecule has 27 heavy (non-hydrogen) atoms. The van der Waals surface area contributed by atoms with Gasteiger partial charge in [0, 0.05) is 17.5 Å². The third-order valence-electron chi connectivity index (χ3n) is 4.80. The van der Waals surface area contributed by atoms with Crippen LogP contribution in [0.4, 0.5) is 13.2 Å². The molecule has 4 nitrogen and oxygen atoms in total. The Kier molecular flexibility index (Phi) is 3.45. The van der Waals surface area contributed by atoms with Crippen LogP contribution < -0.4 is 0 Å². The Morgan fingerprint density at radius 1 is 1.15 bits per heavy atom. The summed E-state index contributed by atoms with van der Waals surface area (Å²) in [6.45, 7) is 0. The fraction of sp³-hybridized carbons (Fsp3) is 0.222. The van der Waals surface area contributed by atoms with Crippen molar-refractivity contribution in [2.24, 2.45) is 0 Å². The van der Waals surface area contributed by atoms with Gasteiger partial charge in [-0.1, -0.05) is 35.3 Å². The fourth-order valence-corrected chi connectivity index (χ4v) is 3.53. The molecule has 2 fully saturated rings. The lowest BCUT2D eigenvalue weighted by Gasteiger charge is -2.13. The lowest BCUT2D eigenvalue weighted by molar-refractivity contribution is -0.144. The zero-order valence-corrected chi connectivity index (χ0v) is 15.0. The van der Waals surface area contributed by atoms with Crippen molar-refractivity contribution in [3.05, 3.63) is 63.9 Å². The van der Waals surface area contributed by atoms with Crippen LogP contribution >= 0.6 is 23.2 Å². The van der Waals surface area contributed by atoms with Crippen LogP contribution in [0.5, 0.6) is 0 Å². The van der Waals surface area contributed by atoms with Gasteiger partial charge in [-0.05, 0) is 24.3 Å². The van der Waals surface area contributed by atoms with E-state index in [2.05, 4.69) is 10.1 Å². The van der Waals surface area contributed by atoms with E-state index in [0.29, 0.717) is 27.7 Å². The largest absolute Gasteiger partial charge is 0.433 e. The Bertz CT molecular complexity index is 1070. The van der Waals surface area contributed by atoms with E-state index in [9.17, 15) is 13.2 Å². The Labute approximate surface area is 161 Å². The highest BCUT2D eigenvalue weighted by Crippen LogP contribution is 2.68. The van der Waals surface area contributed by atoms with Crippen molar-refractivity contribution in [1.82, 2.24) is 14.8 Å². The van der Waals surface area contributed by atoms with Crippen molar-refractivity contribution in [2.45, 2.75) is 24.3 Å². The molecule has 2 atom stereocenters. The van der Waals surface area contributed by atoms with E-state index in [4.69, 9.17) is 27.9 Å². The van der Waals surface area contributed by atoms with Gasteiger partial charge < -0.3 is 4.74 Å². The van der Waals surface area contributed by atoms with Gasteiger partial charge in [-0.15, -0.1) is 0 Å². The number of alkyl halides is 3. The first-order valence-corrected chi connectivity index (χ1v) is 8.81. The molecule has 0 N–H and O–H groups in total. The summed E-state index contributed by atoms with van der Waals surface area (Å²) in [5, 5.41) is 4.68. The van der Waals surface area contributed by atoms with Crippen LogP contribution in [0, 0.1) is 0 Å².